The largest absolute Gasteiger partial charge is 0.316 e. The van der Waals surface area contributed by atoms with Gasteiger partial charge in [0.15, 0.2) is 0 Å². The molecule has 80 valence electrons. The van der Waals surface area contributed by atoms with Crippen LogP contribution in [0.2, 0.25) is 0 Å². The molecule has 1 aromatic heterocycles. The summed E-state index contributed by atoms with van der Waals surface area (Å²) < 4.78 is 0. The SMILES string of the molecule is CCCCCc1scc(CNC)c1C. The molecular formula is C12H21NS. The molecule has 0 fully saturated rings. The normalized spacial score (nSPS) is 10.8. The van der Waals surface area contributed by atoms with Crippen LogP contribution >= 0.6 is 11.3 Å². The zero-order valence-electron chi connectivity index (χ0n) is 9.52. The van der Waals surface area contributed by atoms with E-state index >= 15 is 0 Å². The maximum absolute atomic E-state index is 3.21. The highest BCUT2D eigenvalue weighted by molar-refractivity contribution is 7.10. The van der Waals surface area contributed by atoms with E-state index in [-0.39, 0.29) is 0 Å². The van der Waals surface area contributed by atoms with Crippen LogP contribution in [0.3, 0.4) is 0 Å². The average molecular weight is 211 g/mol. The molecule has 2 heteroatoms. The summed E-state index contributed by atoms with van der Waals surface area (Å²) in [4.78, 5) is 1.59. The fourth-order valence-corrected chi connectivity index (χ4v) is 2.76. The number of thiophene rings is 1. The molecule has 1 N–H and O–H groups in total. The summed E-state index contributed by atoms with van der Waals surface area (Å²) >= 11 is 1.93. The Morgan fingerprint density at radius 3 is 2.79 bits per heavy atom. The molecule has 0 bridgehead atoms. The van der Waals surface area contributed by atoms with E-state index in [2.05, 4.69) is 24.5 Å². The van der Waals surface area contributed by atoms with E-state index in [4.69, 9.17) is 0 Å². The first-order valence-corrected chi connectivity index (χ1v) is 6.38. The Morgan fingerprint density at radius 1 is 1.36 bits per heavy atom. The number of aryl methyl sites for hydroxylation is 1. The third-order valence-electron chi connectivity index (χ3n) is 2.62. The fourth-order valence-electron chi connectivity index (χ4n) is 1.64. The minimum absolute atomic E-state index is 1.01. The van der Waals surface area contributed by atoms with Crippen LogP contribution in [0, 0.1) is 6.92 Å². The van der Waals surface area contributed by atoms with Gasteiger partial charge in [-0.2, -0.15) is 0 Å². The van der Waals surface area contributed by atoms with Crippen molar-refractivity contribution in [3.8, 4) is 0 Å². The van der Waals surface area contributed by atoms with Gasteiger partial charge in [0.25, 0.3) is 0 Å². The maximum atomic E-state index is 3.21. The standard InChI is InChI=1S/C12H21NS/c1-4-5-6-7-12-10(2)11(8-13-3)9-14-12/h9,13H,4-8H2,1-3H3. The van der Waals surface area contributed by atoms with Gasteiger partial charge in [0, 0.05) is 11.4 Å². The van der Waals surface area contributed by atoms with Crippen LogP contribution in [0.1, 0.15) is 42.2 Å². The van der Waals surface area contributed by atoms with E-state index in [9.17, 15) is 0 Å². The summed E-state index contributed by atoms with van der Waals surface area (Å²) in [5.41, 5.74) is 2.99. The average Bonchev–Trinajstić information content (AvgIpc) is 2.51. The molecule has 0 spiro atoms. The van der Waals surface area contributed by atoms with Gasteiger partial charge in [-0.3, -0.25) is 0 Å². The topological polar surface area (TPSA) is 12.0 Å². The molecule has 0 aliphatic carbocycles. The lowest BCUT2D eigenvalue weighted by Gasteiger charge is -2.01. The molecule has 0 radical (unpaired) electrons. The second-order valence-corrected chi connectivity index (χ2v) is 4.76. The van der Waals surface area contributed by atoms with Crippen LogP contribution in [0.15, 0.2) is 5.38 Å². The quantitative estimate of drug-likeness (QED) is 0.710. The van der Waals surface area contributed by atoms with Crippen LogP contribution in [0.4, 0.5) is 0 Å². The number of hydrogen-bond donors (Lipinski definition) is 1. The van der Waals surface area contributed by atoms with E-state index < -0.39 is 0 Å². The van der Waals surface area contributed by atoms with Crippen molar-refractivity contribution in [3.63, 3.8) is 0 Å². The molecule has 0 saturated carbocycles. The van der Waals surface area contributed by atoms with Gasteiger partial charge in [-0.05, 0) is 43.3 Å². The predicted molar refractivity (Wildman–Crippen MR) is 65.0 cm³/mol. The molecule has 0 aliphatic heterocycles. The van der Waals surface area contributed by atoms with Crippen molar-refractivity contribution in [3.05, 3.63) is 21.4 Å². The second-order valence-electron chi connectivity index (χ2n) is 3.80. The summed E-state index contributed by atoms with van der Waals surface area (Å²) in [7, 11) is 2.01. The van der Waals surface area contributed by atoms with Gasteiger partial charge in [0.1, 0.15) is 0 Å². The Kier molecular flexibility index (Phi) is 5.20. The van der Waals surface area contributed by atoms with Gasteiger partial charge in [-0.25, -0.2) is 0 Å². The molecule has 1 nitrogen and oxygen atoms in total. The van der Waals surface area contributed by atoms with Crippen molar-refractivity contribution in [2.45, 2.75) is 46.1 Å². The monoisotopic (exact) mass is 211 g/mol. The number of rotatable bonds is 6. The summed E-state index contributed by atoms with van der Waals surface area (Å²) in [6.07, 6.45) is 5.29. The van der Waals surface area contributed by atoms with Crippen molar-refractivity contribution >= 4 is 11.3 Å². The number of hydrogen-bond acceptors (Lipinski definition) is 2. The Labute approximate surface area is 91.5 Å². The molecule has 0 aromatic carbocycles. The first kappa shape index (κ1) is 11.7. The van der Waals surface area contributed by atoms with Crippen molar-refractivity contribution in [2.24, 2.45) is 0 Å². The molecule has 1 aromatic rings. The molecule has 0 unspecified atom stereocenters. The highest BCUT2D eigenvalue weighted by Crippen LogP contribution is 2.23. The molecule has 0 saturated heterocycles. The highest BCUT2D eigenvalue weighted by Gasteiger charge is 2.05. The van der Waals surface area contributed by atoms with Crippen molar-refractivity contribution in [2.75, 3.05) is 7.05 Å². The van der Waals surface area contributed by atoms with Crippen molar-refractivity contribution < 1.29 is 0 Å². The lowest BCUT2D eigenvalue weighted by Crippen LogP contribution is -2.05. The van der Waals surface area contributed by atoms with Gasteiger partial charge in [0.05, 0.1) is 0 Å². The van der Waals surface area contributed by atoms with Crippen LogP contribution in [0.5, 0.6) is 0 Å². The molecule has 1 rings (SSSR count). The molecular weight excluding hydrogens is 190 g/mol. The van der Waals surface area contributed by atoms with Gasteiger partial charge in [-0.1, -0.05) is 19.8 Å². The zero-order chi connectivity index (χ0) is 10.4. The summed E-state index contributed by atoms with van der Waals surface area (Å²) in [6.45, 7) is 5.52. The predicted octanol–water partition coefficient (Wildman–Crippen LogP) is 3.51. The van der Waals surface area contributed by atoms with E-state index in [0.29, 0.717) is 0 Å². The van der Waals surface area contributed by atoms with Crippen molar-refractivity contribution in [1.29, 1.82) is 0 Å². The molecule has 0 aliphatic rings. The third kappa shape index (κ3) is 3.10. The molecule has 0 amide bonds. The highest BCUT2D eigenvalue weighted by atomic mass is 32.1. The van der Waals surface area contributed by atoms with E-state index in [1.54, 1.807) is 4.88 Å². The van der Waals surface area contributed by atoms with E-state index in [1.807, 2.05) is 18.4 Å². The van der Waals surface area contributed by atoms with Crippen LogP contribution < -0.4 is 5.32 Å². The minimum atomic E-state index is 1.01. The molecule has 1 heterocycles. The lowest BCUT2D eigenvalue weighted by molar-refractivity contribution is 0.720. The van der Waals surface area contributed by atoms with Crippen molar-refractivity contribution in [1.82, 2.24) is 5.32 Å². The summed E-state index contributed by atoms with van der Waals surface area (Å²) in [6, 6.07) is 0. The maximum Gasteiger partial charge on any atom is 0.0213 e. The first-order valence-electron chi connectivity index (χ1n) is 5.50. The number of unbranched alkanes of at least 4 members (excludes halogenated alkanes) is 2. The Bertz CT molecular complexity index is 265. The summed E-state index contributed by atoms with van der Waals surface area (Å²) in [5, 5.41) is 5.51. The van der Waals surface area contributed by atoms with E-state index in [1.165, 1.54) is 36.8 Å². The van der Waals surface area contributed by atoms with Gasteiger partial charge in [-0.15, -0.1) is 11.3 Å². The Balaban J connectivity index is 2.51. The third-order valence-corrected chi connectivity index (χ3v) is 3.82. The van der Waals surface area contributed by atoms with Crippen LogP contribution in [-0.4, -0.2) is 7.05 Å². The van der Waals surface area contributed by atoms with Gasteiger partial charge in [0.2, 0.25) is 0 Å². The number of nitrogens with one attached hydrogen (secondary N) is 1. The second kappa shape index (κ2) is 6.20. The zero-order valence-corrected chi connectivity index (χ0v) is 10.3. The fraction of sp³-hybridized carbons (Fsp3) is 0.667. The summed E-state index contributed by atoms with van der Waals surface area (Å²) in [5.74, 6) is 0. The van der Waals surface area contributed by atoms with Gasteiger partial charge >= 0.3 is 0 Å². The molecule has 0 atom stereocenters. The van der Waals surface area contributed by atoms with Crippen LogP contribution in [-0.2, 0) is 13.0 Å². The minimum Gasteiger partial charge on any atom is -0.316 e. The first-order chi connectivity index (χ1) is 6.79. The van der Waals surface area contributed by atoms with Gasteiger partial charge < -0.3 is 5.32 Å². The van der Waals surface area contributed by atoms with E-state index in [0.717, 1.165) is 6.54 Å². The Hall–Kier alpha value is -0.340. The Morgan fingerprint density at radius 2 is 2.14 bits per heavy atom. The van der Waals surface area contributed by atoms with Crippen LogP contribution in [0.25, 0.3) is 0 Å². The smallest absolute Gasteiger partial charge is 0.0213 e. The lowest BCUT2D eigenvalue weighted by atomic mass is 10.1. The molecule has 14 heavy (non-hydrogen) atoms.